The van der Waals surface area contributed by atoms with Crippen molar-refractivity contribution in [3.8, 4) is 5.75 Å². The maximum Gasteiger partial charge on any atom is 0.266 e. The van der Waals surface area contributed by atoms with Crippen LogP contribution in [0.1, 0.15) is 5.56 Å². The summed E-state index contributed by atoms with van der Waals surface area (Å²) in [5.41, 5.74) is 0.438. The first kappa shape index (κ1) is 15.0. The second-order valence-corrected chi connectivity index (χ2v) is 6.43. The number of rotatable bonds is 3. The number of nitrogens with zero attached hydrogens (tertiary/aromatic N) is 1. The summed E-state index contributed by atoms with van der Waals surface area (Å²) < 4.78 is 0.895. The highest BCUT2D eigenvalue weighted by Crippen LogP contribution is 2.34. The van der Waals surface area contributed by atoms with Crippen LogP contribution in [-0.4, -0.2) is 32.7 Å². The number of carbonyl (C=O) groups excluding carboxylic acids is 2. The third-order valence-corrected chi connectivity index (χ3v) is 4.31. The molecular formula is C12H7BrNO4S2-. The zero-order valence-corrected chi connectivity index (χ0v) is 13.0. The van der Waals surface area contributed by atoms with Gasteiger partial charge in [0.25, 0.3) is 5.91 Å². The number of halogens is 1. The number of aromatic hydroxyl groups is 1. The van der Waals surface area contributed by atoms with Crippen LogP contribution in [0, 0.1) is 0 Å². The summed E-state index contributed by atoms with van der Waals surface area (Å²) >= 11 is 9.20. The van der Waals surface area contributed by atoms with Gasteiger partial charge < -0.3 is 15.0 Å². The molecule has 0 aliphatic carbocycles. The van der Waals surface area contributed by atoms with E-state index >= 15 is 0 Å². The van der Waals surface area contributed by atoms with E-state index in [0.29, 0.717) is 5.56 Å². The van der Waals surface area contributed by atoms with E-state index < -0.39 is 18.4 Å². The van der Waals surface area contributed by atoms with Crippen molar-refractivity contribution in [2.24, 2.45) is 0 Å². The lowest BCUT2D eigenvalue weighted by molar-refractivity contribution is -0.305. The molecule has 0 spiro atoms. The molecule has 1 aliphatic rings. The molecule has 1 aromatic rings. The smallest absolute Gasteiger partial charge is 0.266 e. The first-order chi connectivity index (χ1) is 9.38. The van der Waals surface area contributed by atoms with Crippen LogP contribution in [0.15, 0.2) is 27.6 Å². The van der Waals surface area contributed by atoms with Crippen LogP contribution in [0.4, 0.5) is 0 Å². The fourth-order valence-electron chi connectivity index (χ4n) is 1.55. The molecule has 0 aromatic heterocycles. The molecule has 5 nitrogen and oxygen atoms in total. The monoisotopic (exact) mass is 372 g/mol. The Balaban J connectivity index is 2.32. The number of thiocarbonyl (C=S) groups is 1. The van der Waals surface area contributed by atoms with Crippen LogP contribution < -0.4 is 5.11 Å². The van der Waals surface area contributed by atoms with Gasteiger partial charge in [0.15, 0.2) is 0 Å². The van der Waals surface area contributed by atoms with E-state index in [2.05, 4.69) is 15.9 Å². The number of benzene rings is 1. The molecule has 0 bridgehead atoms. The summed E-state index contributed by atoms with van der Waals surface area (Å²) in [4.78, 5) is 23.8. The molecule has 1 amide bonds. The van der Waals surface area contributed by atoms with E-state index in [1.54, 1.807) is 12.1 Å². The molecule has 1 saturated heterocycles. The average Bonchev–Trinajstić information content (AvgIpc) is 2.61. The summed E-state index contributed by atoms with van der Waals surface area (Å²) in [7, 11) is 0. The highest BCUT2D eigenvalue weighted by Gasteiger charge is 2.32. The van der Waals surface area contributed by atoms with Crippen LogP contribution in [0.25, 0.3) is 6.08 Å². The van der Waals surface area contributed by atoms with Crippen LogP contribution in [0.3, 0.4) is 0 Å². The standard InChI is InChI=1S/C12H8BrNO4S2/c13-7-1-2-8(15)6(3-7)4-9-11(18)14(5-10(16)17)12(19)20-9/h1-4,15H,5H2,(H,16,17)/p-1/b9-4+. The van der Waals surface area contributed by atoms with Gasteiger partial charge >= 0.3 is 0 Å². The van der Waals surface area contributed by atoms with Gasteiger partial charge in [0.05, 0.1) is 17.4 Å². The normalized spacial score (nSPS) is 17.1. The number of carboxylic acids is 1. The van der Waals surface area contributed by atoms with E-state index in [0.717, 1.165) is 21.1 Å². The maximum atomic E-state index is 12.0. The Hall–Kier alpha value is -1.38. The SMILES string of the molecule is O=C([O-])CN1C(=O)/C(=C\c2cc(Br)ccc2O)SC1=S. The third kappa shape index (κ3) is 3.20. The van der Waals surface area contributed by atoms with Crippen LogP contribution in [0.2, 0.25) is 0 Å². The van der Waals surface area contributed by atoms with Gasteiger partial charge in [0.2, 0.25) is 0 Å². The molecule has 1 aliphatic heterocycles. The van der Waals surface area contributed by atoms with Crippen molar-refractivity contribution < 1.29 is 19.8 Å². The summed E-state index contributed by atoms with van der Waals surface area (Å²) in [5.74, 6) is -1.88. The minimum Gasteiger partial charge on any atom is -0.548 e. The Morgan fingerprint density at radius 3 is 2.90 bits per heavy atom. The van der Waals surface area contributed by atoms with Crippen molar-refractivity contribution in [3.05, 3.63) is 33.1 Å². The Morgan fingerprint density at radius 2 is 2.25 bits per heavy atom. The number of thioether (sulfide) groups is 1. The summed E-state index contributed by atoms with van der Waals surface area (Å²) in [6.45, 7) is -0.577. The number of hydrogen-bond donors (Lipinski definition) is 1. The second kappa shape index (κ2) is 5.94. The molecule has 0 unspecified atom stereocenters. The number of aliphatic carboxylic acids is 1. The summed E-state index contributed by atoms with van der Waals surface area (Å²) in [6.07, 6.45) is 1.47. The van der Waals surface area contributed by atoms with E-state index in [1.165, 1.54) is 12.1 Å². The fourth-order valence-corrected chi connectivity index (χ4v) is 3.17. The van der Waals surface area contributed by atoms with Crippen molar-refractivity contribution in [1.29, 1.82) is 0 Å². The van der Waals surface area contributed by atoms with Gasteiger partial charge in [-0.3, -0.25) is 9.69 Å². The van der Waals surface area contributed by atoms with Gasteiger partial charge in [0.1, 0.15) is 10.1 Å². The minimum absolute atomic E-state index is 0.0124. The lowest BCUT2D eigenvalue weighted by Crippen LogP contribution is -2.40. The molecule has 1 N–H and O–H groups in total. The quantitative estimate of drug-likeness (QED) is 0.632. The molecule has 1 fully saturated rings. The zero-order valence-electron chi connectivity index (χ0n) is 9.83. The van der Waals surface area contributed by atoms with E-state index in [9.17, 15) is 19.8 Å². The summed E-state index contributed by atoms with van der Waals surface area (Å²) in [5, 5.41) is 20.3. The molecule has 8 heteroatoms. The Kier molecular flexibility index (Phi) is 4.46. The molecule has 20 heavy (non-hydrogen) atoms. The van der Waals surface area contributed by atoms with Gasteiger partial charge in [-0.2, -0.15) is 0 Å². The van der Waals surface area contributed by atoms with Crippen molar-refractivity contribution in [3.63, 3.8) is 0 Å². The maximum absolute atomic E-state index is 12.0. The summed E-state index contributed by atoms with van der Waals surface area (Å²) in [6, 6.07) is 4.78. The first-order valence-electron chi connectivity index (χ1n) is 5.32. The van der Waals surface area contributed by atoms with Crippen LogP contribution in [0.5, 0.6) is 5.75 Å². The first-order valence-corrected chi connectivity index (χ1v) is 7.34. The second-order valence-electron chi connectivity index (χ2n) is 3.84. The van der Waals surface area contributed by atoms with Crippen LogP contribution in [-0.2, 0) is 9.59 Å². The number of amides is 1. The Labute approximate surface area is 132 Å². The van der Waals surface area contributed by atoms with Gasteiger partial charge in [0, 0.05) is 10.0 Å². The lowest BCUT2D eigenvalue weighted by atomic mass is 10.2. The van der Waals surface area contributed by atoms with Crippen molar-refractivity contribution in [2.75, 3.05) is 6.54 Å². The lowest BCUT2D eigenvalue weighted by Gasteiger charge is -2.14. The Bertz CT molecular complexity index is 644. The number of carboxylic acid groups (broad SMARTS) is 1. The molecule has 1 heterocycles. The fraction of sp³-hybridized carbons (Fsp3) is 0.0833. The minimum atomic E-state index is -1.38. The molecule has 0 atom stereocenters. The van der Waals surface area contributed by atoms with Gasteiger partial charge in [-0.25, -0.2) is 0 Å². The molecule has 0 radical (unpaired) electrons. The predicted octanol–water partition coefficient (Wildman–Crippen LogP) is 1.11. The van der Waals surface area contributed by atoms with Gasteiger partial charge in [-0.15, -0.1) is 0 Å². The third-order valence-electron chi connectivity index (χ3n) is 2.44. The molecular weight excluding hydrogens is 366 g/mol. The van der Waals surface area contributed by atoms with Crippen LogP contribution >= 0.6 is 39.9 Å². The molecule has 0 saturated carbocycles. The zero-order chi connectivity index (χ0) is 14.9. The average molecular weight is 373 g/mol. The molecule has 2 rings (SSSR count). The largest absolute Gasteiger partial charge is 0.548 e. The molecule has 1 aromatic carbocycles. The number of phenolic OH excluding ortho intramolecular Hbond substituents is 1. The van der Waals surface area contributed by atoms with E-state index in [-0.39, 0.29) is 15.0 Å². The highest BCUT2D eigenvalue weighted by molar-refractivity contribution is 9.10. The van der Waals surface area contributed by atoms with E-state index in [4.69, 9.17) is 12.2 Å². The number of carbonyl (C=O) groups is 2. The van der Waals surface area contributed by atoms with Gasteiger partial charge in [-0.05, 0) is 24.3 Å². The van der Waals surface area contributed by atoms with Crippen molar-refractivity contribution >= 4 is 62.2 Å². The number of phenols is 1. The van der Waals surface area contributed by atoms with Crippen molar-refractivity contribution in [2.45, 2.75) is 0 Å². The number of hydrogen-bond acceptors (Lipinski definition) is 6. The van der Waals surface area contributed by atoms with E-state index in [1.807, 2.05) is 0 Å². The van der Waals surface area contributed by atoms with Crippen molar-refractivity contribution in [1.82, 2.24) is 4.90 Å². The topological polar surface area (TPSA) is 80.7 Å². The Morgan fingerprint density at radius 1 is 1.55 bits per heavy atom. The van der Waals surface area contributed by atoms with Gasteiger partial charge in [-0.1, -0.05) is 39.9 Å². The molecule has 104 valence electrons. The highest BCUT2D eigenvalue weighted by atomic mass is 79.9. The predicted molar refractivity (Wildman–Crippen MR) is 80.7 cm³/mol.